The molecule has 1 amide bonds. The fraction of sp³-hybridized carbons (Fsp3) is 0.294. The third-order valence-corrected chi connectivity index (χ3v) is 4.77. The molecule has 0 bridgehead atoms. The molecule has 0 aliphatic heterocycles. The van der Waals surface area contributed by atoms with Gasteiger partial charge < -0.3 is 14.3 Å². The predicted molar refractivity (Wildman–Crippen MR) is 105 cm³/mol. The number of halogens is 2. The number of aromatic amines is 1. The standard InChI is InChI=1S/C17H17Cl2N5O2S/c1-2-24-14(22-23-17(24)27)9-20-15(25)5-6-16-21-8-13(26-16)11-4-3-10(18)7-12(11)19/h3-4,7-8H,2,5-6,9H2,1H3,(H,20,25)(H,23,27). The van der Waals surface area contributed by atoms with Gasteiger partial charge in [-0.1, -0.05) is 23.2 Å². The van der Waals surface area contributed by atoms with E-state index in [1.165, 1.54) is 0 Å². The van der Waals surface area contributed by atoms with Crippen LogP contribution in [0, 0.1) is 4.77 Å². The molecule has 3 aromatic rings. The Labute approximate surface area is 170 Å². The minimum absolute atomic E-state index is 0.129. The maximum atomic E-state index is 12.1. The average molecular weight is 426 g/mol. The first kappa shape index (κ1) is 19.6. The molecule has 3 rings (SSSR count). The Morgan fingerprint density at radius 1 is 1.41 bits per heavy atom. The fourth-order valence-electron chi connectivity index (χ4n) is 2.54. The van der Waals surface area contributed by atoms with E-state index in [4.69, 9.17) is 39.8 Å². The van der Waals surface area contributed by atoms with Gasteiger partial charge in [-0.3, -0.25) is 9.89 Å². The summed E-state index contributed by atoms with van der Waals surface area (Å²) in [5.74, 6) is 1.55. The molecule has 10 heteroatoms. The molecule has 7 nitrogen and oxygen atoms in total. The summed E-state index contributed by atoms with van der Waals surface area (Å²) in [6.45, 7) is 2.95. The SMILES string of the molecule is CCn1c(CNC(=O)CCc2ncc(-c3ccc(Cl)cc3Cl)o2)n[nH]c1=S. The molecule has 27 heavy (non-hydrogen) atoms. The molecule has 2 N–H and O–H groups in total. The van der Waals surface area contributed by atoms with Gasteiger partial charge in [0.25, 0.3) is 0 Å². The molecule has 0 saturated carbocycles. The molecule has 0 aliphatic carbocycles. The van der Waals surface area contributed by atoms with Crippen LogP contribution in [0.3, 0.4) is 0 Å². The van der Waals surface area contributed by atoms with Crippen LogP contribution in [-0.4, -0.2) is 25.7 Å². The van der Waals surface area contributed by atoms with Crippen LogP contribution in [0.25, 0.3) is 11.3 Å². The number of amides is 1. The Morgan fingerprint density at radius 3 is 2.96 bits per heavy atom. The molecule has 1 aromatic carbocycles. The lowest BCUT2D eigenvalue weighted by Gasteiger charge is -2.05. The highest BCUT2D eigenvalue weighted by Crippen LogP contribution is 2.30. The lowest BCUT2D eigenvalue weighted by molar-refractivity contribution is -0.121. The first-order chi connectivity index (χ1) is 13.0. The minimum atomic E-state index is -0.129. The highest BCUT2D eigenvalue weighted by molar-refractivity contribution is 7.71. The molecule has 0 aliphatic rings. The van der Waals surface area contributed by atoms with Crippen molar-refractivity contribution >= 4 is 41.3 Å². The second-order valence-corrected chi connectivity index (χ2v) is 6.94. The van der Waals surface area contributed by atoms with Crippen molar-refractivity contribution in [3.8, 4) is 11.3 Å². The van der Waals surface area contributed by atoms with Crippen LogP contribution in [0.4, 0.5) is 0 Å². The summed E-state index contributed by atoms with van der Waals surface area (Å²) in [5, 5.41) is 10.7. The summed E-state index contributed by atoms with van der Waals surface area (Å²) in [5.41, 5.74) is 0.701. The highest BCUT2D eigenvalue weighted by atomic mass is 35.5. The summed E-state index contributed by atoms with van der Waals surface area (Å²) >= 11 is 17.2. The van der Waals surface area contributed by atoms with Crippen LogP contribution in [0.5, 0.6) is 0 Å². The van der Waals surface area contributed by atoms with Crippen LogP contribution in [0.15, 0.2) is 28.8 Å². The lowest BCUT2D eigenvalue weighted by Crippen LogP contribution is -2.25. The van der Waals surface area contributed by atoms with Crippen molar-refractivity contribution in [1.29, 1.82) is 0 Å². The van der Waals surface area contributed by atoms with E-state index in [1.54, 1.807) is 24.4 Å². The smallest absolute Gasteiger partial charge is 0.220 e. The Balaban J connectivity index is 1.55. The molecule has 2 heterocycles. The number of aryl methyl sites for hydroxylation is 1. The van der Waals surface area contributed by atoms with Crippen LogP contribution >= 0.6 is 35.4 Å². The zero-order valence-corrected chi connectivity index (χ0v) is 16.8. The van der Waals surface area contributed by atoms with Crippen molar-refractivity contribution in [1.82, 2.24) is 25.1 Å². The Kier molecular flexibility index (Phi) is 6.30. The monoisotopic (exact) mass is 425 g/mol. The van der Waals surface area contributed by atoms with Crippen molar-refractivity contribution in [2.75, 3.05) is 0 Å². The van der Waals surface area contributed by atoms with E-state index < -0.39 is 0 Å². The summed E-state index contributed by atoms with van der Waals surface area (Å²) in [6, 6.07) is 5.13. The van der Waals surface area contributed by atoms with E-state index in [1.807, 2.05) is 11.5 Å². The maximum absolute atomic E-state index is 12.1. The molecular weight excluding hydrogens is 409 g/mol. The molecule has 2 aromatic heterocycles. The van der Waals surface area contributed by atoms with Gasteiger partial charge in [0, 0.05) is 30.0 Å². The number of carbonyl (C=O) groups excluding carboxylic acids is 1. The normalized spacial score (nSPS) is 10.9. The molecule has 0 radical (unpaired) electrons. The van der Waals surface area contributed by atoms with Gasteiger partial charge in [-0.25, -0.2) is 4.98 Å². The first-order valence-corrected chi connectivity index (χ1v) is 9.45. The number of hydrogen-bond acceptors (Lipinski definition) is 5. The van der Waals surface area contributed by atoms with Gasteiger partial charge in [0.1, 0.15) is 0 Å². The number of nitrogens with zero attached hydrogens (tertiary/aromatic N) is 3. The zero-order chi connectivity index (χ0) is 19.4. The second kappa shape index (κ2) is 8.69. The first-order valence-electron chi connectivity index (χ1n) is 8.28. The third kappa shape index (κ3) is 4.77. The van der Waals surface area contributed by atoms with E-state index in [0.29, 0.717) is 57.4 Å². The van der Waals surface area contributed by atoms with E-state index >= 15 is 0 Å². The van der Waals surface area contributed by atoms with Crippen LogP contribution < -0.4 is 5.32 Å². The largest absolute Gasteiger partial charge is 0.441 e. The van der Waals surface area contributed by atoms with E-state index in [0.717, 1.165) is 0 Å². The molecule has 142 valence electrons. The van der Waals surface area contributed by atoms with Crippen molar-refractivity contribution in [2.24, 2.45) is 0 Å². The molecule has 0 unspecified atom stereocenters. The number of H-pyrrole nitrogens is 1. The van der Waals surface area contributed by atoms with Crippen LogP contribution in [0.2, 0.25) is 10.0 Å². The van der Waals surface area contributed by atoms with Crippen molar-refractivity contribution in [3.63, 3.8) is 0 Å². The minimum Gasteiger partial charge on any atom is -0.441 e. The number of carbonyl (C=O) groups is 1. The van der Waals surface area contributed by atoms with Crippen molar-refractivity contribution in [2.45, 2.75) is 32.9 Å². The Hall–Kier alpha value is -2.16. The van der Waals surface area contributed by atoms with Crippen molar-refractivity contribution < 1.29 is 9.21 Å². The quantitative estimate of drug-likeness (QED) is 0.554. The second-order valence-electron chi connectivity index (χ2n) is 5.71. The number of oxazole rings is 1. The summed E-state index contributed by atoms with van der Waals surface area (Å²) in [4.78, 5) is 16.3. The summed E-state index contributed by atoms with van der Waals surface area (Å²) < 4.78 is 8.05. The molecule has 0 spiro atoms. The van der Waals surface area contributed by atoms with Gasteiger partial charge in [0.05, 0.1) is 17.8 Å². The maximum Gasteiger partial charge on any atom is 0.220 e. The molecule has 0 saturated heterocycles. The van der Waals surface area contributed by atoms with Gasteiger partial charge in [-0.15, -0.1) is 0 Å². The Morgan fingerprint density at radius 2 is 2.22 bits per heavy atom. The number of benzene rings is 1. The highest BCUT2D eigenvalue weighted by Gasteiger charge is 2.12. The number of hydrogen-bond donors (Lipinski definition) is 2. The van der Waals surface area contributed by atoms with Crippen LogP contribution in [0.1, 0.15) is 25.1 Å². The topological polar surface area (TPSA) is 88.7 Å². The van der Waals surface area contributed by atoms with Gasteiger partial charge in [-0.2, -0.15) is 5.10 Å². The van der Waals surface area contributed by atoms with Gasteiger partial charge in [-0.05, 0) is 37.3 Å². The van der Waals surface area contributed by atoms with Gasteiger partial charge in [0.2, 0.25) is 5.91 Å². The van der Waals surface area contributed by atoms with E-state index in [2.05, 4.69) is 20.5 Å². The molecule has 0 fully saturated rings. The summed E-state index contributed by atoms with van der Waals surface area (Å²) in [7, 11) is 0. The zero-order valence-electron chi connectivity index (χ0n) is 14.5. The lowest BCUT2D eigenvalue weighted by atomic mass is 10.2. The van der Waals surface area contributed by atoms with E-state index in [9.17, 15) is 4.79 Å². The third-order valence-electron chi connectivity index (χ3n) is 3.91. The number of nitrogens with one attached hydrogen (secondary N) is 2. The van der Waals surface area contributed by atoms with Crippen LogP contribution in [-0.2, 0) is 24.3 Å². The number of aromatic nitrogens is 4. The van der Waals surface area contributed by atoms with Crippen molar-refractivity contribution in [3.05, 3.63) is 50.9 Å². The number of rotatable bonds is 7. The average Bonchev–Trinajstić information content (AvgIpc) is 3.24. The predicted octanol–water partition coefficient (Wildman–Crippen LogP) is 4.17. The molecular formula is C17H17Cl2N5O2S. The van der Waals surface area contributed by atoms with E-state index in [-0.39, 0.29) is 12.3 Å². The summed E-state index contributed by atoms with van der Waals surface area (Å²) in [6.07, 6.45) is 2.20. The van der Waals surface area contributed by atoms with Gasteiger partial charge >= 0.3 is 0 Å². The fourth-order valence-corrected chi connectivity index (χ4v) is 3.32. The Bertz CT molecular complexity index is 1010. The molecule has 0 atom stereocenters. The van der Waals surface area contributed by atoms with Gasteiger partial charge in [0.15, 0.2) is 22.2 Å².